The lowest BCUT2D eigenvalue weighted by Crippen LogP contribution is -2.70. The lowest BCUT2D eigenvalue weighted by Gasteiger charge is -2.49. The predicted molar refractivity (Wildman–Crippen MR) is 129 cm³/mol. The van der Waals surface area contributed by atoms with Crippen LogP contribution in [0.25, 0.3) is 0 Å². The van der Waals surface area contributed by atoms with Crippen molar-refractivity contribution in [3.05, 3.63) is 47.4 Å². The first-order valence-corrected chi connectivity index (χ1v) is 13.5. The van der Waals surface area contributed by atoms with Gasteiger partial charge in [0.15, 0.2) is 5.82 Å². The zero-order valence-electron chi connectivity index (χ0n) is 18.3. The van der Waals surface area contributed by atoms with Crippen molar-refractivity contribution in [1.82, 2.24) is 51.0 Å². The average molecular weight is 547 g/mol. The molecular weight excluding hydrogens is 528 g/mol. The number of amides is 2. The van der Waals surface area contributed by atoms with E-state index in [-0.39, 0.29) is 29.7 Å². The van der Waals surface area contributed by atoms with E-state index < -0.39 is 23.3 Å². The van der Waals surface area contributed by atoms with Crippen LogP contribution in [0, 0.1) is 0 Å². The van der Waals surface area contributed by atoms with Crippen molar-refractivity contribution in [1.29, 1.82) is 0 Å². The Morgan fingerprint density at radius 2 is 2.06 bits per heavy atom. The molecule has 0 bridgehead atoms. The summed E-state index contributed by atoms with van der Waals surface area (Å²) < 4.78 is 1.48. The first-order valence-electron chi connectivity index (χ1n) is 10.5. The summed E-state index contributed by atoms with van der Waals surface area (Å²) in [6.45, 7) is 0.196. The molecule has 0 radical (unpaired) electrons. The molecule has 2 aliphatic heterocycles. The van der Waals surface area contributed by atoms with Gasteiger partial charge in [0.05, 0.1) is 5.75 Å². The molecule has 0 aliphatic carbocycles. The van der Waals surface area contributed by atoms with Crippen molar-refractivity contribution < 1.29 is 19.5 Å². The number of carbonyl (C=O) groups excluding carboxylic acids is 2. The summed E-state index contributed by atoms with van der Waals surface area (Å²) in [6.07, 6.45) is 0. The highest BCUT2D eigenvalue weighted by atomic mass is 32.2. The summed E-state index contributed by atoms with van der Waals surface area (Å²) >= 11 is 4.03. The van der Waals surface area contributed by atoms with Gasteiger partial charge in [-0.05, 0) is 28.1 Å². The first-order chi connectivity index (χ1) is 17.5. The fraction of sp³-hybridized carbons (Fsp3) is 0.316. The van der Waals surface area contributed by atoms with E-state index >= 15 is 0 Å². The minimum Gasteiger partial charge on any atom is -0.477 e. The van der Waals surface area contributed by atoms with Gasteiger partial charge in [0, 0.05) is 16.4 Å². The van der Waals surface area contributed by atoms with Gasteiger partial charge in [0.1, 0.15) is 23.7 Å². The Morgan fingerprint density at radius 1 is 1.22 bits per heavy atom. The lowest BCUT2D eigenvalue weighted by molar-refractivity contribution is -0.150. The number of fused-ring (bicyclic) bond motifs is 1. The molecule has 0 spiro atoms. The number of nitrogens with one attached hydrogen (secondary N) is 2. The Balaban J connectivity index is 1.22. The second-order valence-electron chi connectivity index (χ2n) is 7.55. The number of rotatable bonds is 10. The molecule has 1 aromatic carbocycles. The largest absolute Gasteiger partial charge is 0.477 e. The highest BCUT2D eigenvalue weighted by Crippen LogP contribution is 2.41. The van der Waals surface area contributed by atoms with Crippen LogP contribution in [0.2, 0.25) is 0 Å². The standard InChI is InChI=1S/C19H18N10O4S3/c30-13(9-34-11-4-2-1-3-5-11)20-14-16(31)29-15(18(32)33)10(7-35-17(14)29)8-36-19-23-26-27-28(19)6-12-21-24-25-22-12/h1-5,14,17H,6-9H2,(H,20,30)(H,32,33)(H,21,22,24,25)/t14-,17+/m1/s1. The number of carboxylic acids is 1. The van der Waals surface area contributed by atoms with E-state index in [1.807, 2.05) is 30.3 Å². The number of tetrazole rings is 2. The molecule has 1 fully saturated rings. The summed E-state index contributed by atoms with van der Waals surface area (Å²) in [7, 11) is 0. The zero-order valence-corrected chi connectivity index (χ0v) is 20.8. The quantitative estimate of drug-likeness (QED) is 0.226. The van der Waals surface area contributed by atoms with Crippen molar-refractivity contribution >= 4 is 53.1 Å². The number of aromatic amines is 1. The number of H-pyrrole nitrogens is 1. The number of β-lactam (4-membered cyclic amide) rings is 1. The van der Waals surface area contributed by atoms with Crippen LogP contribution in [0.3, 0.4) is 0 Å². The summed E-state index contributed by atoms with van der Waals surface area (Å²) in [5.41, 5.74) is 0.512. The van der Waals surface area contributed by atoms with Crippen molar-refractivity contribution in [2.45, 2.75) is 28.0 Å². The molecule has 2 aromatic heterocycles. The molecule has 2 aliphatic rings. The summed E-state index contributed by atoms with van der Waals surface area (Å²) in [6, 6.07) is 8.71. The second-order valence-corrected chi connectivity index (χ2v) is 10.6. The molecule has 186 valence electrons. The minimum absolute atomic E-state index is 0.0578. The maximum absolute atomic E-state index is 12.9. The molecule has 3 N–H and O–H groups in total. The fourth-order valence-corrected chi connectivity index (χ4v) is 6.70. The Hall–Kier alpha value is -3.44. The van der Waals surface area contributed by atoms with Gasteiger partial charge in [0.25, 0.3) is 5.91 Å². The highest BCUT2D eigenvalue weighted by molar-refractivity contribution is 8.01. The third-order valence-corrected chi connectivity index (χ3v) is 8.63. The van der Waals surface area contributed by atoms with E-state index in [0.717, 1.165) is 4.90 Å². The van der Waals surface area contributed by atoms with Crippen LogP contribution < -0.4 is 5.32 Å². The van der Waals surface area contributed by atoms with E-state index in [2.05, 4.69) is 41.5 Å². The summed E-state index contributed by atoms with van der Waals surface area (Å²) in [5, 5.41) is 37.7. The number of aromatic nitrogens is 8. The SMILES string of the molecule is O=C(CSc1ccccc1)N[C@@H]1C(=O)N2C(C(=O)O)=C(CSc3nnnn3Cc3nn[nH]n3)CS[C@@H]12. The van der Waals surface area contributed by atoms with Crippen molar-refractivity contribution in [2.75, 3.05) is 17.3 Å². The molecule has 4 heterocycles. The molecular formula is C19H18N10O4S3. The second kappa shape index (κ2) is 10.7. The van der Waals surface area contributed by atoms with Gasteiger partial charge in [-0.3, -0.25) is 14.5 Å². The van der Waals surface area contributed by atoms with Crippen LogP contribution in [0.15, 0.2) is 51.7 Å². The number of hydrogen-bond donors (Lipinski definition) is 3. The number of carboxylic acid groups (broad SMARTS) is 1. The Bertz CT molecular complexity index is 1300. The molecule has 14 nitrogen and oxygen atoms in total. The van der Waals surface area contributed by atoms with Crippen LogP contribution in [-0.2, 0) is 20.9 Å². The van der Waals surface area contributed by atoms with E-state index in [4.69, 9.17) is 0 Å². The van der Waals surface area contributed by atoms with Gasteiger partial charge in [0.2, 0.25) is 11.1 Å². The minimum atomic E-state index is -1.19. The van der Waals surface area contributed by atoms with Crippen LogP contribution in [0.5, 0.6) is 0 Å². The molecule has 1 saturated heterocycles. The molecule has 0 saturated carbocycles. The first kappa shape index (κ1) is 24.3. The lowest BCUT2D eigenvalue weighted by atomic mass is 10.0. The number of nitrogens with zero attached hydrogens (tertiary/aromatic N) is 8. The Morgan fingerprint density at radius 3 is 2.81 bits per heavy atom. The normalized spacial score (nSPS) is 19.1. The van der Waals surface area contributed by atoms with E-state index in [9.17, 15) is 19.5 Å². The van der Waals surface area contributed by atoms with Crippen molar-refractivity contribution in [3.63, 3.8) is 0 Å². The zero-order chi connectivity index (χ0) is 25.1. The predicted octanol–water partition coefficient (Wildman–Crippen LogP) is -0.142. The maximum Gasteiger partial charge on any atom is 0.352 e. The summed E-state index contributed by atoms with van der Waals surface area (Å²) in [5.74, 6) is -0.700. The number of hydrogen-bond acceptors (Lipinski definition) is 12. The maximum atomic E-state index is 12.9. The monoisotopic (exact) mass is 546 g/mol. The van der Waals surface area contributed by atoms with Crippen molar-refractivity contribution in [3.8, 4) is 0 Å². The van der Waals surface area contributed by atoms with Gasteiger partial charge in [-0.25, -0.2) is 9.48 Å². The van der Waals surface area contributed by atoms with Crippen LogP contribution in [0.4, 0.5) is 0 Å². The van der Waals surface area contributed by atoms with E-state index in [1.54, 1.807) is 0 Å². The molecule has 0 unspecified atom stereocenters. The molecule has 3 aromatic rings. The number of thioether (sulfide) groups is 3. The molecule has 36 heavy (non-hydrogen) atoms. The molecule has 5 rings (SSSR count). The Kier molecular flexibility index (Phi) is 7.19. The topological polar surface area (TPSA) is 185 Å². The number of benzene rings is 1. The van der Waals surface area contributed by atoms with E-state index in [0.29, 0.717) is 22.3 Å². The van der Waals surface area contributed by atoms with Gasteiger partial charge in [-0.15, -0.1) is 38.8 Å². The van der Waals surface area contributed by atoms with Crippen molar-refractivity contribution in [2.24, 2.45) is 0 Å². The Labute approximate surface area is 216 Å². The van der Waals surface area contributed by atoms with Crippen LogP contribution >= 0.6 is 35.3 Å². The van der Waals surface area contributed by atoms with Gasteiger partial charge in [-0.2, -0.15) is 5.21 Å². The fourth-order valence-electron chi connectivity index (χ4n) is 3.61. The van der Waals surface area contributed by atoms with Gasteiger partial charge in [-0.1, -0.05) is 35.2 Å². The van der Waals surface area contributed by atoms with Crippen LogP contribution in [0.1, 0.15) is 5.82 Å². The molecule has 2 amide bonds. The average Bonchev–Trinajstić information content (AvgIpc) is 3.57. The highest BCUT2D eigenvalue weighted by Gasteiger charge is 2.54. The molecule has 2 atom stereocenters. The third kappa shape index (κ3) is 5.07. The number of aliphatic carboxylic acids is 1. The molecule has 17 heteroatoms. The summed E-state index contributed by atoms with van der Waals surface area (Å²) in [4.78, 5) is 39.6. The van der Waals surface area contributed by atoms with Gasteiger partial charge < -0.3 is 10.4 Å². The van der Waals surface area contributed by atoms with Crippen LogP contribution in [-0.4, -0.2) is 97.3 Å². The van der Waals surface area contributed by atoms with E-state index in [1.165, 1.54) is 44.9 Å². The smallest absolute Gasteiger partial charge is 0.352 e. The number of carbonyl (C=O) groups is 3. The third-order valence-electron chi connectivity index (χ3n) is 5.23. The van der Waals surface area contributed by atoms with Gasteiger partial charge >= 0.3 is 5.97 Å².